The number of carboxylic acid groups (broad SMARTS) is 1. The van der Waals surface area contributed by atoms with Gasteiger partial charge in [0.1, 0.15) is 18.1 Å². The van der Waals surface area contributed by atoms with Gasteiger partial charge in [-0.1, -0.05) is 0 Å². The predicted molar refractivity (Wildman–Crippen MR) is 83.9 cm³/mol. The smallest absolute Gasteiger partial charge is 0.387 e. The van der Waals surface area contributed by atoms with Gasteiger partial charge < -0.3 is 19.3 Å². The lowest BCUT2D eigenvalue weighted by Gasteiger charge is -2.33. The van der Waals surface area contributed by atoms with Gasteiger partial charge in [-0.05, 0) is 37.1 Å². The van der Waals surface area contributed by atoms with Gasteiger partial charge in [-0.15, -0.1) is 10.2 Å². The zero-order valence-electron chi connectivity index (χ0n) is 14.0. The second-order valence-corrected chi connectivity index (χ2v) is 6.00. The molecular formula is C16H16F2N4O4. The molecule has 8 nitrogen and oxygen atoms in total. The van der Waals surface area contributed by atoms with E-state index in [2.05, 4.69) is 14.9 Å². The number of fused-ring (bicyclic) bond motifs is 1. The van der Waals surface area contributed by atoms with Crippen LogP contribution in [-0.2, 0) is 17.9 Å². The quantitative estimate of drug-likeness (QED) is 0.883. The molecule has 0 spiro atoms. The number of benzene rings is 1. The number of hydrogen-bond acceptors (Lipinski definition) is 5. The number of carbonyl (C=O) groups excluding carboxylic acids is 1. The molecule has 1 aromatic heterocycles. The number of amides is 1. The van der Waals surface area contributed by atoms with Crippen LogP contribution in [0.4, 0.5) is 8.78 Å². The van der Waals surface area contributed by atoms with Crippen LogP contribution < -0.4 is 4.74 Å². The van der Waals surface area contributed by atoms with E-state index in [0.29, 0.717) is 17.0 Å². The minimum Gasteiger partial charge on any atom is -0.480 e. The molecule has 138 valence electrons. The Bertz CT molecular complexity index is 845. The maximum atomic E-state index is 12.9. The van der Waals surface area contributed by atoms with E-state index in [1.165, 1.54) is 23.4 Å². The number of carboxylic acids is 1. The van der Waals surface area contributed by atoms with Crippen molar-refractivity contribution in [1.29, 1.82) is 0 Å². The van der Waals surface area contributed by atoms with E-state index in [4.69, 9.17) is 0 Å². The molecular weight excluding hydrogens is 350 g/mol. The Morgan fingerprint density at radius 1 is 1.31 bits per heavy atom. The molecule has 1 atom stereocenters. The lowest BCUT2D eigenvalue weighted by atomic mass is 10.0. The van der Waals surface area contributed by atoms with Crippen LogP contribution in [0.25, 0.3) is 0 Å². The van der Waals surface area contributed by atoms with E-state index in [-0.39, 0.29) is 24.4 Å². The number of carbonyl (C=O) groups is 2. The van der Waals surface area contributed by atoms with Crippen LogP contribution in [0.5, 0.6) is 5.75 Å². The van der Waals surface area contributed by atoms with Gasteiger partial charge in [0.05, 0.1) is 13.1 Å². The van der Waals surface area contributed by atoms with Crippen molar-refractivity contribution < 1.29 is 28.2 Å². The Morgan fingerprint density at radius 3 is 2.54 bits per heavy atom. The van der Waals surface area contributed by atoms with Gasteiger partial charge in [0, 0.05) is 5.56 Å². The second-order valence-electron chi connectivity index (χ2n) is 6.00. The zero-order chi connectivity index (χ0) is 19.0. The predicted octanol–water partition coefficient (Wildman–Crippen LogP) is 1.61. The molecule has 0 saturated heterocycles. The largest absolute Gasteiger partial charge is 0.480 e. The molecule has 1 N–H and O–H groups in total. The molecule has 0 fully saturated rings. The molecule has 0 radical (unpaired) electrons. The van der Waals surface area contributed by atoms with Crippen LogP contribution >= 0.6 is 0 Å². The summed E-state index contributed by atoms with van der Waals surface area (Å²) in [6.07, 6.45) is 1.41. The van der Waals surface area contributed by atoms with Gasteiger partial charge in [-0.3, -0.25) is 4.79 Å². The van der Waals surface area contributed by atoms with Gasteiger partial charge in [0.2, 0.25) is 0 Å². The minimum absolute atomic E-state index is 0.00437. The lowest BCUT2D eigenvalue weighted by molar-refractivity contribution is -0.143. The first-order chi connectivity index (χ1) is 12.3. The number of alkyl halides is 2. The highest BCUT2D eigenvalue weighted by molar-refractivity contribution is 5.97. The molecule has 1 aromatic carbocycles. The average Bonchev–Trinajstić information content (AvgIpc) is 3.03. The Balaban J connectivity index is 1.94. The topological polar surface area (TPSA) is 97.6 Å². The number of halogens is 2. The molecule has 1 unspecified atom stereocenters. The molecule has 26 heavy (non-hydrogen) atoms. The molecule has 2 heterocycles. The fraction of sp³-hybridized carbons (Fsp3) is 0.375. The van der Waals surface area contributed by atoms with E-state index in [0.717, 1.165) is 0 Å². The third-order valence-corrected chi connectivity index (χ3v) is 4.21. The lowest BCUT2D eigenvalue weighted by Crippen LogP contribution is -2.50. The van der Waals surface area contributed by atoms with Crippen molar-refractivity contribution in [2.45, 2.75) is 39.6 Å². The summed E-state index contributed by atoms with van der Waals surface area (Å²) in [6, 6.07) is 1.74. The Kier molecular flexibility index (Phi) is 4.58. The third kappa shape index (κ3) is 3.22. The highest BCUT2D eigenvalue weighted by atomic mass is 19.3. The Hall–Kier alpha value is -3.04. The SMILES string of the molecule is Cc1cc(C(=O)N2Cc3nncn3CC2C(=O)O)cc(C)c1OC(F)F. The van der Waals surface area contributed by atoms with Crippen LogP contribution in [0.1, 0.15) is 27.3 Å². The molecule has 1 aliphatic rings. The molecule has 0 bridgehead atoms. The van der Waals surface area contributed by atoms with Crippen molar-refractivity contribution >= 4 is 11.9 Å². The van der Waals surface area contributed by atoms with Crippen LogP contribution in [0.15, 0.2) is 18.5 Å². The number of rotatable bonds is 4. The number of nitrogens with zero attached hydrogens (tertiary/aromatic N) is 4. The first-order valence-electron chi connectivity index (χ1n) is 7.74. The van der Waals surface area contributed by atoms with Gasteiger partial charge in [0.25, 0.3) is 5.91 Å². The summed E-state index contributed by atoms with van der Waals surface area (Å²) in [5.74, 6) is -1.20. The Morgan fingerprint density at radius 2 is 1.96 bits per heavy atom. The summed E-state index contributed by atoms with van der Waals surface area (Å²) in [5.41, 5.74) is 0.919. The maximum Gasteiger partial charge on any atom is 0.387 e. The van der Waals surface area contributed by atoms with Crippen molar-refractivity contribution in [3.05, 3.63) is 41.0 Å². The third-order valence-electron chi connectivity index (χ3n) is 4.21. The fourth-order valence-corrected chi connectivity index (χ4v) is 3.04. The summed E-state index contributed by atoms with van der Waals surface area (Å²) in [4.78, 5) is 25.7. The zero-order valence-corrected chi connectivity index (χ0v) is 14.0. The first kappa shape index (κ1) is 17.8. The average molecular weight is 366 g/mol. The van der Waals surface area contributed by atoms with E-state index in [1.807, 2.05) is 0 Å². The number of aliphatic carboxylic acids is 1. The van der Waals surface area contributed by atoms with Crippen molar-refractivity contribution in [3.63, 3.8) is 0 Å². The van der Waals surface area contributed by atoms with Gasteiger partial charge >= 0.3 is 12.6 Å². The Labute approximate surface area is 147 Å². The number of aryl methyl sites for hydroxylation is 2. The molecule has 0 saturated carbocycles. The number of ether oxygens (including phenoxy) is 1. The maximum absolute atomic E-state index is 12.9. The molecule has 10 heteroatoms. The molecule has 3 rings (SSSR count). The monoisotopic (exact) mass is 366 g/mol. The highest BCUT2D eigenvalue weighted by Gasteiger charge is 2.36. The van der Waals surface area contributed by atoms with Crippen LogP contribution in [0, 0.1) is 13.8 Å². The van der Waals surface area contributed by atoms with Gasteiger partial charge in [0.15, 0.2) is 5.82 Å². The second kappa shape index (κ2) is 6.70. The van der Waals surface area contributed by atoms with Crippen LogP contribution in [0.2, 0.25) is 0 Å². The standard InChI is InChI=1S/C16H16F2N4O4/c1-8-3-10(4-9(2)13(8)26-16(17)18)14(23)22-6-12-20-19-7-21(12)5-11(22)15(24)25/h3-4,7,11,16H,5-6H2,1-2H3,(H,24,25). The van der Waals surface area contributed by atoms with Crippen molar-refractivity contribution in [1.82, 2.24) is 19.7 Å². The number of hydrogen-bond donors (Lipinski definition) is 1. The van der Waals surface area contributed by atoms with Crippen LogP contribution in [-0.4, -0.2) is 49.3 Å². The fourth-order valence-electron chi connectivity index (χ4n) is 3.04. The van der Waals surface area contributed by atoms with Crippen molar-refractivity contribution in [2.24, 2.45) is 0 Å². The van der Waals surface area contributed by atoms with E-state index in [9.17, 15) is 23.5 Å². The molecule has 1 aliphatic heterocycles. The van der Waals surface area contributed by atoms with E-state index in [1.54, 1.807) is 18.4 Å². The summed E-state index contributed by atoms with van der Waals surface area (Å²) >= 11 is 0. The molecule has 2 aromatic rings. The van der Waals surface area contributed by atoms with Crippen molar-refractivity contribution in [2.75, 3.05) is 0 Å². The summed E-state index contributed by atoms with van der Waals surface area (Å²) in [7, 11) is 0. The highest BCUT2D eigenvalue weighted by Crippen LogP contribution is 2.28. The van der Waals surface area contributed by atoms with E-state index >= 15 is 0 Å². The van der Waals surface area contributed by atoms with Gasteiger partial charge in [-0.25, -0.2) is 4.79 Å². The van der Waals surface area contributed by atoms with E-state index < -0.39 is 24.5 Å². The minimum atomic E-state index is -2.97. The van der Waals surface area contributed by atoms with Gasteiger partial charge in [-0.2, -0.15) is 8.78 Å². The summed E-state index contributed by atoms with van der Waals surface area (Å²) < 4.78 is 31.1. The normalized spacial score (nSPS) is 16.5. The summed E-state index contributed by atoms with van der Waals surface area (Å²) in [6.45, 7) is 0.141. The van der Waals surface area contributed by atoms with Crippen LogP contribution in [0.3, 0.4) is 0 Å². The molecule has 1 amide bonds. The summed E-state index contributed by atoms with van der Waals surface area (Å²) in [5, 5.41) is 17.1. The first-order valence-corrected chi connectivity index (χ1v) is 7.74. The van der Waals surface area contributed by atoms with Crippen molar-refractivity contribution in [3.8, 4) is 5.75 Å². The number of aromatic nitrogens is 3. The molecule has 0 aliphatic carbocycles.